The fourth-order valence-corrected chi connectivity index (χ4v) is 3.42. The summed E-state index contributed by atoms with van der Waals surface area (Å²) in [6, 6.07) is 13.0. The van der Waals surface area contributed by atoms with Crippen molar-refractivity contribution in [2.75, 3.05) is 6.61 Å². The van der Waals surface area contributed by atoms with Crippen molar-refractivity contribution in [1.82, 2.24) is 10.2 Å². The summed E-state index contributed by atoms with van der Waals surface area (Å²) in [4.78, 5) is 27.5. The van der Waals surface area contributed by atoms with Crippen LogP contribution in [0, 0.1) is 13.8 Å². The van der Waals surface area contributed by atoms with Crippen LogP contribution < -0.4 is 10.1 Å². The minimum atomic E-state index is -0.641. The van der Waals surface area contributed by atoms with Crippen molar-refractivity contribution < 1.29 is 14.3 Å². The molecule has 30 heavy (non-hydrogen) atoms. The van der Waals surface area contributed by atoms with Gasteiger partial charge >= 0.3 is 0 Å². The van der Waals surface area contributed by atoms with Gasteiger partial charge in [-0.15, -0.1) is 0 Å². The van der Waals surface area contributed by atoms with E-state index in [9.17, 15) is 9.59 Å². The lowest BCUT2D eigenvalue weighted by Gasteiger charge is -2.31. The second kappa shape index (κ2) is 10.1. The highest BCUT2D eigenvalue weighted by atomic mass is 79.9. The molecule has 0 saturated carbocycles. The Balaban J connectivity index is 2.21. The summed E-state index contributed by atoms with van der Waals surface area (Å²) in [5.74, 6) is 0.238. The van der Waals surface area contributed by atoms with Gasteiger partial charge in [0, 0.05) is 16.6 Å². The van der Waals surface area contributed by atoms with Crippen LogP contribution in [-0.2, 0) is 16.1 Å². The number of carbonyl (C=O) groups is 2. The van der Waals surface area contributed by atoms with Crippen molar-refractivity contribution in [2.45, 2.75) is 59.7 Å². The number of aryl methyl sites for hydroxylation is 2. The summed E-state index contributed by atoms with van der Waals surface area (Å²) in [6.45, 7) is 11.6. The van der Waals surface area contributed by atoms with Gasteiger partial charge in [-0.2, -0.15) is 0 Å². The second-order valence-electron chi connectivity index (χ2n) is 8.62. The van der Waals surface area contributed by atoms with Crippen LogP contribution in [0.15, 0.2) is 46.9 Å². The highest BCUT2D eigenvalue weighted by molar-refractivity contribution is 9.10. The van der Waals surface area contributed by atoms with Crippen LogP contribution >= 0.6 is 15.9 Å². The van der Waals surface area contributed by atoms with Crippen molar-refractivity contribution in [3.63, 3.8) is 0 Å². The number of nitrogens with one attached hydrogen (secondary N) is 1. The van der Waals surface area contributed by atoms with Gasteiger partial charge in [0.1, 0.15) is 11.8 Å². The van der Waals surface area contributed by atoms with Gasteiger partial charge in [-0.05, 0) is 76.4 Å². The van der Waals surface area contributed by atoms with Crippen molar-refractivity contribution in [3.05, 3.63) is 63.6 Å². The highest BCUT2D eigenvalue weighted by Gasteiger charge is 2.28. The molecule has 2 aromatic rings. The number of carbonyl (C=O) groups excluding carboxylic acids is 2. The Bertz CT molecular complexity index is 906. The summed E-state index contributed by atoms with van der Waals surface area (Å²) in [5.41, 5.74) is 2.57. The average molecular weight is 475 g/mol. The summed E-state index contributed by atoms with van der Waals surface area (Å²) in [6.07, 6.45) is 0. The van der Waals surface area contributed by atoms with Crippen molar-refractivity contribution >= 4 is 27.7 Å². The molecule has 0 aliphatic heterocycles. The first-order valence-corrected chi connectivity index (χ1v) is 10.8. The van der Waals surface area contributed by atoms with E-state index in [1.54, 1.807) is 11.8 Å². The number of benzene rings is 2. The molecule has 0 heterocycles. The molecule has 0 spiro atoms. The van der Waals surface area contributed by atoms with E-state index in [0.29, 0.717) is 12.3 Å². The van der Waals surface area contributed by atoms with Gasteiger partial charge in [-0.1, -0.05) is 40.2 Å². The third-order valence-corrected chi connectivity index (χ3v) is 5.10. The molecule has 0 radical (unpaired) electrons. The molecule has 0 aliphatic carbocycles. The summed E-state index contributed by atoms with van der Waals surface area (Å²) in [5, 5.41) is 2.96. The Morgan fingerprint density at radius 2 is 1.83 bits per heavy atom. The molecule has 2 aromatic carbocycles. The number of rotatable bonds is 7. The summed E-state index contributed by atoms with van der Waals surface area (Å²) in [7, 11) is 0. The van der Waals surface area contributed by atoms with E-state index in [4.69, 9.17) is 4.74 Å². The summed E-state index contributed by atoms with van der Waals surface area (Å²) < 4.78 is 6.74. The minimum absolute atomic E-state index is 0.133. The Labute approximate surface area is 187 Å². The van der Waals surface area contributed by atoms with Crippen molar-refractivity contribution in [2.24, 2.45) is 0 Å². The molecule has 0 aliphatic rings. The molecule has 2 rings (SSSR count). The first-order chi connectivity index (χ1) is 14.0. The lowest BCUT2D eigenvalue weighted by molar-refractivity contribution is -0.142. The maximum Gasteiger partial charge on any atom is 0.261 e. The predicted molar refractivity (Wildman–Crippen MR) is 123 cm³/mol. The molecule has 1 atom stereocenters. The van der Waals surface area contributed by atoms with Crippen LogP contribution in [-0.4, -0.2) is 34.9 Å². The summed E-state index contributed by atoms with van der Waals surface area (Å²) >= 11 is 3.46. The molecule has 0 unspecified atom stereocenters. The molecule has 162 valence electrons. The number of ether oxygens (including phenoxy) is 1. The topological polar surface area (TPSA) is 58.6 Å². The molecule has 1 N–H and O–H groups in total. The maximum absolute atomic E-state index is 13.1. The van der Waals surface area contributed by atoms with Gasteiger partial charge in [0.05, 0.1) is 0 Å². The molecule has 2 amide bonds. The SMILES string of the molecule is Cc1ccc(C)c(OCC(=O)N(Cc2cccc(Br)c2)[C@@H](C)C(=O)NC(C)(C)C)c1. The third-order valence-electron chi connectivity index (χ3n) is 4.60. The van der Waals surface area contributed by atoms with E-state index >= 15 is 0 Å². The molecule has 5 nitrogen and oxygen atoms in total. The zero-order chi connectivity index (χ0) is 22.5. The smallest absolute Gasteiger partial charge is 0.261 e. The van der Waals surface area contributed by atoms with Gasteiger partial charge < -0.3 is 15.0 Å². The van der Waals surface area contributed by atoms with Crippen molar-refractivity contribution in [3.8, 4) is 5.75 Å². The lowest BCUT2D eigenvalue weighted by atomic mass is 10.1. The lowest BCUT2D eigenvalue weighted by Crippen LogP contribution is -2.53. The van der Waals surface area contributed by atoms with E-state index in [1.807, 2.05) is 77.1 Å². The third kappa shape index (κ3) is 7.17. The fraction of sp³-hybridized carbons (Fsp3) is 0.417. The number of amides is 2. The fourth-order valence-electron chi connectivity index (χ4n) is 2.97. The standard InChI is InChI=1S/C24H31BrN2O3/c1-16-10-11-17(2)21(12-16)30-15-22(28)27(14-19-8-7-9-20(25)13-19)18(3)23(29)26-24(4,5)6/h7-13,18H,14-15H2,1-6H3,(H,26,29)/t18-/m0/s1. The Morgan fingerprint density at radius 1 is 1.13 bits per heavy atom. The number of halogens is 1. The van der Waals surface area contributed by atoms with Gasteiger partial charge in [-0.3, -0.25) is 9.59 Å². The zero-order valence-electron chi connectivity index (χ0n) is 18.6. The van der Waals surface area contributed by atoms with Gasteiger partial charge in [-0.25, -0.2) is 0 Å². The van der Waals surface area contributed by atoms with Crippen LogP contribution in [0.2, 0.25) is 0 Å². The molecule has 0 bridgehead atoms. The zero-order valence-corrected chi connectivity index (χ0v) is 20.2. The first-order valence-electron chi connectivity index (χ1n) is 10.0. The highest BCUT2D eigenvalue weighted by Crippen LogP contribution is 2.20. The van der Waals surface area contributed by atoms with E-state index < -0.39 is 6.04 Å². The van der Waals surface area contributed by atoms with Gasteiger partial charge in [0.15, 0.2) is 6.61 Å². The van der Waals surface area contributed by atoms with Crippen LogP contribution in [0.4, 0.5) is 0 Å². The van der Waals surface area contributed by atoms with Crippen LogP contribution in [0.1, 0.15) is 44.4 Å². The van der Waals surface area contributed by atoms with Gasteiger partial charge in [0.2, 0.25) is 5.91 Å². The molecule has 6 heteroatoms. The minimum Gasteiger partial charge on any atom is -0.483 e. The number of hydrogen-bond acceptors (Lipinski definition) is 3. The monoisotopic (exact) mass is 474 g/mol. The largest absolute Gasteiger partial charge is 0.483 e. The Kier molecular flexibility index (Phi) is 8.07. The van der Waals surface area contributed by atoms with Gasteiger partial charge in [0.25, 0.3) is 5.91 Å². The van der Waals surface area contributed by atoms with Crippen molar-refractivity contribution in [1.29, 1.82) is 0 Å². The van der Waals surface area contributed by atoms with E-state index in [0.717, 1.165) is 21.2 Å². The Morgan fingerprint density at radius 3 is 2.47 bits per heavy atom. The van der Waals surface area contributed by atoms with Crippen LogP contribution in [0.5, 0.6) is 5.75 Å². The average Bonchev–Trinajstić information content (AvgIpc) is 2.64. The number of nitrogens with zero attached hydrogens (tertiary/aromatic N) is 1. The first kappa shape index (κ1) is 23.9. The normalized spacial score (nSPS) is 12.2. The Hall–Kier alpha value is -2.34. The number of hydrogen-bond donors (Lipinski definition) is 1. The van der Waals surface area contributed by atoms with E-state index in [-0.39, 0.29) is 24.0 Å². The molecular formula is C24H31BrN2O3. The molecule has 0 saturated heterocycles. The van der Waals surface area contributed by atoms with Crippen LogP contribution in [0.25, 0.3) is 0 Å². The maximum atomic E-state index is 13.1. The molecule has 0 aromatic heterocycles. The van der Waals surface area contributed by atoms with E-state index in [1.165, 1.54) is 0 Å². The molecular weight excluding hydrogens is 444 g/mol. The second-order valence-corrected chi connectivity index (χ2v) is 9.54. The molecule has 0 fully saturated rings. The predicted octanol–water partition coefficient (Wildman–Crippen LogP) is 4.78. The quantitative estimate of drug-likeness (QED) is 0.628. The van der Waals surface area contributed by atoms with Crippen LogP contribution in [0.3, 0.4) is 0 Å². The van der Waals surface area contributed by atoms with E-state index in [2.05, 4.69) is 21.2 Å².